The molecule has 0 bridgehead atoms. The Labute approximate surface area is 120 Å². The topological polar surface area (TPSA) is 58.6 Å². The molecule has 2 atom stereocenters. The molecule has 1 aliphatic rings. The third-order valence-corrected chi connectivity index (χ3v) is 4.00. The molecule has 4 nitrogen and oxygen atoms in total. The normalized spacial score (nSPS) is 26.2. The van der Waals surface area contributed by atoms with Crippen molar-refractivity contribution in [2.24, 2.45) is 0 Å². The number of carbonyl (C=O) groups is 1. The fraction of sp³-hybridized carbons (Fsp3) is 0.562. The van der Waals surface area contributed by atoms with Crippen molar-refractivity contribution in [2.75, 3.05) is 11.9 Å². The first-order valence-corrected chi connectivity index (χ1v) is 7.26. The minimum atomic E-state index is -0.913. The van der Waals surface area contributed by atoms with Gasteiger partial charge in [0, 0.05) is 25.1 Å². The Kier molecular flexibility index (Phi) is 4.65. The molecular weight excluding hydrogens is 254 g/mol. The summed E-state index contributed by atoms with van der Waals surface area (Å²) in [6.07, 6.45) is 2.96. The molecule has 1 aliphatic heterocycles. The third-order valence-electron chi connectivity index (χ3n) is 4.00. The van der Waals surface area contributed by atoms with Gasteiger partial charge in [0.05, 0.1) is 6.10 Å². The van der Waals surface area contributed by atoms with E-state index in [1.54, 1.807) is 0 Å². The Morgan fingerprint density at radius 3 is 2.90 bits per heavy atom. The van der Waals surface area contributed by atoms with Crippen LogP contribution in [0.3, 0.4) is 0 Å². The van der Waals surface area contributed by atoms with Crippen molar-refractivity contribution in [1.29, 1.82) is 0 Å². The van der Waals surface area contributed by atoms with E-state index < -0.39 is 11.5 Å². The van der Waals surface area contributed by atoms with Crippen LogP contribution in [0.2, 0.25) is 0 Å². The molecule has 0 aliphatic carbocycles. The molecule has 20 heavy (non-hydrogen) atoms. The number of ether oxygens (including phenoxy) is 1. The maximum absolute atomic E-state index is 11.8. The van der Waals surface area contributed by atoms with Crippen molar-refractivity contribution >= 4 is 11.7 Å². The van der Waals surface area contributed by atoms with Gasteiger partial charge in [0.15, 0.2) is 0 Å². The Morgan fingerprint density at radius 2 is 2.25 bits per heavy atom. The molecule has 0 radical (unpaired) electrons. The van der Waals surface area contributed by atoms with Gasteiger partial charge in [-0.2, -0.15) is 0 Å². The third kappa shape index (κ3) is 3.12. The Bertz CT molecular complexity index is 473. The van der Waals surface area contributed by atoms with E-state index in [0.29, 0.717) is 19.4 Å². The lowest BCUT2D eigenvalue weighted by Gasteiger charge is -2.39. The minimum Gasteiger partial charge on any atom is -0.480 e. The molecule has 1 heterocycles. The van der Waals surface area contributed by atoms with E-state index >= 15 is 0 Å². The molecule has 4 heteroatoms. The zero-order valence-electron chi connectivity index (χ0n) is 12.2. The predicted molar refractivity (Wildman–Crippen MR) is 79.1 cm³/mol. The molecular formula is C16H23NO3. The van der Waals surface area contributed by atoms with Gasteiger partial charge in [-0.15, -0.1) is 0 Å². The molecule has 0 spiro atoms. The number of benzene rings is 1. The first-order valence-electron chi connectivity index (χ1n) is 7.26. The van der Waals surface area contributed by atoms with Crippen molar-refractivity contribution in [3.05, 3.63) is 29.8 Å². The van der Waals surface area contributed by atoms with Gasteiger partial charge in [-0.3, -0.25) is 0 Å². The lowest BCUT2D eigenvalue weighted by atomic mass is 9.84. The summed E-state index contributed by atoms with van der Waals surface area (Å²) in [5.41, 5.74) is 1.04. The van der Waals surface area contributed by atoms with Crippen LogP contribution < -0.4 is 5.32 Å². The smallest absolute Gasteiger partial charge is 0.329 e. The van der Waals surface area contributed by atoms with Gasteiger partial charge in [0.1, 0.15) is 5.54 Å². The first kappa shape index (κ1) is 14.9. The fourth-order valence-corrected chi connectivity index (χ4v) is 2.79. The molecule has 1 saturated heterocycles. The summed E-state index contributed by atoms with van der Waals surface area (Å²) in [5, 5.41) is 13.0. The van der Waals surface area contributed by atoms with Crippen molar-refractivity contribution in [3.63, 3.8) is 0 Å². The van der Waals surface area contributed by atoms with Crippen molar-refractivity contribution in [3.8, 4) is 0 Å². The number of hydrogen-bond donors (Lipinski definition) is 2. The first-order chi connectivity index (χ1) is 9.57. The van der Waals surface area contributed by atoms with Gasteiger partial charge >= 0.3 is 5.97 Å². The van der Waals surface area contributed by atoms with Crippen LogP contribution in [0.4, 0.5) is 5.69 Å². The van der Waals surface area contributed by atoms with E-state index in [2.05, 4.69) is 12.2 Å². The maximum atomic E-state index is 11.8. The second kappa shape index (κ2) is 6.27. The SMILES string of the molecule is CCCC1CC(Nc2ccccc2C)(C(=O)O)CCO1. The number of hydrogen-bond acceptors (Lipinski definition) is 3. The Balaban J connectivity index is 2.21. The summed E-state index contributed by atoms with van der Waals surface area (Å²) in [4.78, 5) is 11.8. The van der Waals surface area contributed by atoms with Crippen LogP contribution in [0.15, 0.2) is 24.3 Å². The van der Waals surface area contributed by atoms with Crippen LogP contribution in [0, 0.1) is 6.92 Å². The number of carboxylic acid groups (broad SMARTS) is 1. The number of aryl methyl sites for hydroxylation is 1. The second-order valence-corrected chi connectivity index (χ2v) is 5.56. The highest BCUT2D eigenvalue weighted by Crippen LogP contribution is 2.32. The molecule has 1 fully saturated rings. The number of para-hydroxylation sites is 1. The van der Waals surface area contributed by atoms with Crippen molar-refractivity contribution in [1.82, 2.24) is 0 Å². The van der Waals surface area contributed by atoms with Gasteiger partial charge in [-0.05, 0) is 25.0 Å². The van der Waals surface area contributed by atoms with E-state index in [4.69, 9.17) is 4.74 Å². The van der Waals surface area contributed by atoms with Crippen molar-refractivity contribution in [2.45, 2.75) is 51.2 Å². The standard InChI is InChI=1S/C16H23NO3/c1-3-6-13-11-16(15(18)19,9-10-20-13)17-14-8-5-4-7-12(14)2/h4-5,7-8,13,17H,3,6,9-11H2,1-2H3,(H,18,19). The predicted octanol–water partition coefficient (Wildman–Crippen LogP) is 3.21. The van der Waals surface area contributed by atoms with Gasteiger partial charge in [0.2, 0.25) is 0 Å². The number of rotatable bonds is 5. The highest BCUT2D eigenvalue weighted by molar-refractivity contribution is 5.83. The molecule has 1 aromatic carbocycles. The number of nitrogens with one attached hydrogen (secondary N) is 1. The summed E-state index contributed by atoms with van der Waals surface area (Å²) >= 11 is 0. The minimum absolute atomic E-state index is 0.0290. The van der Waals surface area contributed by atoms with Crippen LogP contribution in [0.25, 0.3) is 0 Å². The fourth-order valence-electron chi connectivity index (χ4n) is 2.79. The zero-order chi connectivity index (χ0) is 14.6. The molecule has 0 saturated carbocycles. The van der Waals surface area contributed by atoms with E-state index in [1.807, 2.05) is 31.2 Å². The summed E-state index contributed by atoms with van der Waals surface area (Å²) in [5.74, 6) is -0.787. The molecule has 1 aromatic rings. The molecule has 110 valence electrons. The summed E-state index contributed by atoms with van der Waals surface area (Å²) in [7, 11) is 0. The summed E-state index contributed by atoms with van der Waals surface area (Å²) < 4.78 is 5.69. The summed E-state index contributed by atoms with van der Waals surface area (Å²) in [6, 6.07) is 7.80. The molecule has 0 aromatic heterocycles. The van der Waals surface area contributed by atoms with E-state index in [-0.39, 0.29) is 6.10 Å². The van der Waals surface area contributed by atoms with Crippen LogP contribution in [-0.2, 0) is 9.53 Å². The van der Waals surface area contributed by atoms with Crippen LogP contribution in [-0.4, -0.2) is 29.3 Å². The average molecular weight is 277 g/mol. The molecule has 2 N–H and O–H groups in total. The van der Waals surface area contributed by atoms with Crippen molar-refractivity contribution < 1.29 is 14.6 Å². The molecule has 2 unspecified atom stereocenters. The zero-order valence-corrected chi connectivity index (χ0v) is 12.2. The number of anilines is 1. The maximum Gasteiger partial charge on any atom is 0.329 e. The van der Waals surface area contributed by atoms with Crippen LogP contribution >= 0.6 is 0 Å². The lowest BCUT2D eigenvalue weighted by Crippen LogP contribution is -2.53. The van der Waals surface area contributed by atoms with Crippen LogP contribution in [0.1, 0.15) is 38.2 Å². The lowest BCUT2D eigenvalue weighted by molar-refractivity contribution is -0.148. The van der Waals surface area contributed by atoms with Gasteiger partial charge < -0.3 is 15.2 Å². The van der Waals surface area contributed by atoms with Gasteiger partial charge in [-0.1, -0.05) is 31.5 Å². The van der Waals surface area contributed by atoms with Gasteiger partial charge in [-0.25, -0.2) is 4.79 Å². The van der Waals surface area contributed by atoms with E-state index in [1.165, 1.54) is 0 Å². The van der Waals surface area contributed by atoms with E-state index in [9.17, 15) is 9.90 Å². The van der Waals surface area contributed by atoms with Gasteiger partial charge in [0.25, 0.3) is 0 Å². The molecule has 0 amide bonds. The largest absolute Gasteiger partial charge is 0.480 e. The average Bonchev–Trinajstić information content (AvgIpc) is 2.42. The summed E-state index contributed by atoms with van der Waals surface area (Å²) in [6.45, 7) is 4.58. The quantitative estimate of drug-likeness (QED) is 0.867. The van der Waals surface area contributed by atoms with E-state index in [0.717, 1.165) is 24.1 Å². The monoisotopic (exact) mass is 277 g/mol. The highest BCUT2D eigenvalue weighted by Gasteiger charge is 2.43. The number of carboxylic acids is 1. The Morgan fingerprint density at radius 1 is 1.50 bits per heavy atom. The second-order valence-electron chi connectivity index (χ2n) is 5.56. The van der Waals surface area contributed by atoms with Crippen LogP contribution in [0.5, 0.6) is 0 Å². The highest BCUT2D eigenvalue weighted by atomic mass is 16.5. The Hall–Kier alpha value is -1.55. The molecule has 2 rings (SSSR count). The number of aliphatic carboxylic acids is 1.